The van der Waals surface area contributed by atoms with E-state index in [0.29, 0.717) is 16.9 Å². The number of carbonyl (C=O) groups is 2. The Hall–Kier alpha value is -3.55. The van der Waals surface area contributed by atoms with Crippen LogP contribution in [0.1, 0.15) is 27.7 Å². The van der Waals surface area contributed by atoms with Crippen molar-refractivity contribution >= 4 is 17.5 Å². The monoisotopic (exact) mass is 380 g/mol. The number of rotatable bonds is 2. The normalized spacial score (nSPS) is 16.9. The SMILES string of the molecule is Cc1cccc2ncc(C(=O)N3CCNC(=O)[C@H]3c3ccc(F)cc3)c(=O)n12. The third-order valence-corrected chi connectivity index (χ3v) is 4.81. The zero-order valence-corrected chi connectivity index (χ0v) is 15.1. The Morgan fingerprint density at radius 1 is 1.18 bits per heavy atom. The molecule has 1 N–H and O–H groups in total. The lowest BCUT2D eigenvalue weighted by Crippen LogP contribution is -2.53. The maximum atomic E-state index is 13.3. The number of amides is 2. The molecule has 8 heteroatoms. The highest BCUT2D eigenvalue weighted by Crippen LogP contribution is 2.25. The second kappa shape index (κ2) is 6.88. The largest absolute Gasteiger partial charge is 0.352 e. The van der Waals surface area contributed by atoms with Crippen molar-refractivity contribution in [2.45, 2.75) is 13.0 Å². The number of pyridine rings is 1. The van der Waals surface area contributed by atoms with Gasteiger partial charge in [-0.05, 0) is 36.8 Å². The summed E-state index contributed by atoms with van der Waals surface area (Å²) in [5.74, 6) is -1.40. The Morgan fingerprint density at radius 3 is 2.68 bits per heavy atom. The summed E-state index contributed by atoms with van der Waals surface area (Å²) < 4.78 is 14.6. The van der Waals surface area contributed by atoms with Gasteiger partial charge in [-0.1, -0.05) is 18.2 Å². The molecule has 1 saturated heterocycles. The number of hydrogen-bond acceptors (Lipinski definition) is 4. The van der Waals surface area contributed by atoms with Gasteiger partial charge in [0.15, 0.2) is 0 Å². The minimum atomic E-state index is -0.946. The van der Waals surface area contributed by atoms with E-state index in [2.05, 4.69) is 10.3 Å². The maximum absolute atomic E-state index is 13.3. The number of halogens is 1. The molecule has 28 heavy (non-hydrogen) atoms. The van der Waals surface area contributed by atoms with Gasteiger partial charge in [-0.15, -0.1) is 0 Å². The fraction of sp³-hybridized carbons (Fsp3) is 0.200. The maximum Gasteiger partial charge on any atom is 0.270 e. The van der Waals surface area contributed by atoms with E-state index in [-0.39, 0.29) is 24.6 Å². The van der Waals surface area contributed by atoms with Crippen molar-refractivity contribution in [2.24, 2.45) is 0 Å². The minimum absolute atomic E-state index is 0.117. The summed E-state index contributed by atoms with van der Waals surface area (Å²) in [6, 6.07) is 9.64. The van der Waals surface area contributed by atoms with Crippen molar-refractivity contribution in [3.05, 3.63) is 81.7 Å². The van der Waals surface area contributed by atoms with Crippen LogP contribution >= 0.6 is 0 Å². The second-order valence-corrected chi connectivity index (χ2v) is 6.58. The van der Waals surface area contributed by atoms with Gasteiger partial charge in [-0.3, -0.25) is 18.8 Å². The fourth-order valence-electron chi connectivity index (χ4n) is 3.44. The van der Waals surface area contributed by atoms with Crippen LogP contribution in [0.25, 0.3) is 5.65 Å². The van der Waals surface area contributed by atoms with E-state index in [4.69, 9.17) is 0 Å². The minimum Gasteiger partial charge on any atom is -0.352 e. The molecule has 0 bridgehead atoms. The molecule has 2 amide bonds. The van der Waals surface area contributed by atoms with E-state index in [0.717, 1.165) is 0 Å². The zero-order chi connectivity index (χ0) is 19.8. The Morgan fingerprint density at radius 2 is 1.93 bits per heavy atom. The highest BCUT2D eigenvalue weighted by molar-refractivity contribution is 5.98. The third kappa shape index (κ3) is 2.92. The smallest absolute Gasteiger partial charge is 0.270 e. The number of fused-ring (bicyclic) bond motifs is 1. The van der Waals surface area contributed by atoms with Crippen molar-refractivity contribution in [1.82, 2.24) is 19.6 Å². The van der Waals surface area contributed by atoms with E-state index in [1.54, 1.807) is 25.1 Å². The average Bonchev–Trinajstić information content (AvgIpc) is 2.68. The molecule has 1 atom stereocenters. The van der Waals surface area contributed by atoms with Crippen molar-refractivity contribution < 1.29 is 14.0 Å². The van der Waals surface area contributed by atoms with Crippen LogP contribution in [0.3, 0.4) is 0 Å². The Labute approximate surface area is 159 Å². The van der Waals surface area contributed by atoms with E-state index in [1.165, 1.54) is 39.8 Å². The number of aryl methyl sites for hydroxylation is 1. The van der Waals surface area contributed by atoms with Gasteiger partial charge in [0.1, 0.15) is 23.1 Å². The molecule has 0 radical (unpaired) electrons. The van der Waals surface area contributed by atoms with Crippen LogP contribution < -0.4 is 10.9 Å². The van der Waals surface area contributed by atoms with Gasteiger partial charge in [0.2, 0.25) is 5.91 Å². The molecule has 1 aliphatic heterocycles. The van der Waals surface area contributed by atoms with E-state index in [1.807, 2.05) is 0 Å². The topological polar surface area (TPSA) is 83.8 Å². The molecular formula is C20H17FN4O3. The molecule has 142 valence electrons. The fourth-order valence-corrected chi connectivity index (χ4v) is 3.44. The van der Waals surface area contributed by atoms with Crippen molar-refractivity contribution in [2.75, 3.05) is 13.1 Å². The first kappa shape index (κ1) is 17.8. The Balaban J connectivity index is 1.79. The quantitative estimate of drug-likeness (QED) is 0.730. The summed E-state index contributed by atoms with van der Waals surface area (Å²) >= 11 is 0. The molecule has 0 spiro atoms. The molecule has 1 fully saturated rings. The first-order valence-electron chi connectivity index (χ1n) is 8.79. The Bertz CT molecular complexity index is 1140. The lowest BCUT2D eigenvalue weighted by Gasteiger charge is -2.35. The predicted molar refractivity (Wildman–Crippen MR) is 99.4 cm³/mol. The highest BCUT2D eigenvalue weighted by Gasteiger charge is 2.36. The molecule has 4 rings (SSSR count). The molecule has 1 aromatic carbocycles. The molecule has 0 unspecified atom stereocenters. The standard InChI is InChI=1S/C20H17FN4O3/c1-12-3-2-4-16-23-11-15(20(28)25(12)16)19(27)24-10-9-22-18(26)17(24)13-5-7-14(21)8-6-13/h2-8,11,17H,9-10H2,1H3,(H,22,26)/t17-/m1/s1. The van der Waals surface area contributed by atoms with E-state index in [9.17, 15) is 18.8 Å². The molecule has 3 heterocycles. The number of aromatic nitrogens is 2. The molecule has 2 aromatic heterocycles. The highest BCUT2D eigenvalue weighted by atomic mass is 19.1. The molecule has 7 nitrogen and oxygen atoms in total. The number of piperazine rings is 1. The lowest BCUT2D eigenvalue weighted by atomic mass is 10.0. The van der Waals surface area contributed by atoms with Crippen LogP contribution in [0.15, 0.2) is 53.5 Å². The van der Waals surface area contributed by atoms with E-state index >= 15 is 0 Å². The summed E-state index contributed by atoms with van der Waals surface area (Å²) in [5, 5.41) is 2.71. The van der Waals surface area contributed by atoms with Crippen LogP contribution in [0.2, 0.25) is 0 Å². The van der Waals surface area contributed by atoms with Crippen LogP contribution in [-0.4, -0.2) is 39.2 Å². The first-order chi connectivity index (χ1) is 13.5. The summed E-state index contributed by atoms with van der Waals surface area (Å²) in [5.41, 5.74) is 0.951. The van der Waals surface area contributed by atoms with Gasteiger partial charge in [0.25, 0.3) is 11.5 Å². The van der Waals surface area contributed by atoms with Gasteiger partial charge < -0.3 is 10.2 Å². The molecular weight excluding hydrogens is 363 g/mol. The number of hydrogen-bond donors (Lipinski definition) is 1. The van der Waals surface area contributed by atoms with Crippen molar-refractivity contribution in [3.8, 4) is 0 Å². The molecule has 1 aliphatic rings. The average molecular weight is 380 g/mol. The molecule has 3 aromatic rings. The molecule has 0 saturated carbocycles. The summed E-state index contributed by atoms with van der Waals surface area (Å²) in [6.07, 6.45) is 1.24. The zero-order valence-electron chi connectivity index (χ0n) is 15.1. The van der Waals surface area contributed by atoms with Crippen LogP contribution in [0, 0.1) is 12.7 Å². The summed E-state index contributed by atoms with van der Waals surface area (Å²) in [4.78, 5) is 44.1. The van der Waals surface area contributed by atoms with Crippen LogP contribution in [-0.2, 0) is 4.79 Å². The second-order valence-electron chi connectivity index (χ2n) is 6.58. The summed E-state index contributed by atoms with van der Waals surface area (Å²) in [7, 11) is 0. The van der Waals surface area contributed by atoms with Gasteiger partial charge >= 0.3 is 0 Å². The number of nitrogens with one attached hydrogen (secondary N) is 1. The third-order valence-electron chi connectivity index (χ3n) is 4.81. The van der Waals surface area contributed by atoms with Gasteiger partial charge in [-0.2, -0.15) is 0 Å². The van der Waals surface area contributed by atoms with Gasteiger partial charge in [0, 0.05) is 25.0 Å². The Kier molecular flexibility index (Phi) is 4.38. The van der Waals surface area contributed by atoms with Crippen LogP contribution in [0.4, 0.5) is 4.39 Å². The van der Waals surface area contributed by atoms with Gasteiger partial charge in [-0.25, -0.2) is 9.37 Å². The van der Waals surface area contributed by atoms with Crippen molar-refractivity contribution in [1.29, 1.82) is 0 Å². The van der Waals surface area contributed by atoms with Crippen molar-refractivity contribution in [3.63, 3.8) is 0 Å². The molecule has 0 aliphatic carbocycles. The van der Waals surface area contributed by atoms with E-state index < -0.39 is 23.3 Å². The van der Waals surface area contributed by atoms with Gasteiger partial charge in [0.05, 0.1) is 0 Å². The lowest BCUT2D eigenvalue weighted by molar-refractivity contribution is -0.128. The predicted octanol–water partition coefficient (Wildman–Crippen LogP) is 1.46. The first-order valence-corrected chi connectivity index (χ1v) is 8.79. The van der Waals surface area contributed by atoms with Crippen LogP contribution in [0.5, 0.6) is 0 Å². The summed E-state index contributed by atoms with van der Waals surface area (Å²) in [6.45, 7) is 2.24. The number of nitrogens with zero attached hydrogens (tertiary/aromatic N) is 3. The number of benzene rings is 1. The number of carbonyl (C=O) groups excluding carboxylic acids is 2.